The monoisotopic (exact) mass is 240 g/mol. The number of carboxylic acid groups (broad SMARTS) is 1. The molecule has 0 fully saturated rings. The largest absolute Gasteiger partial charge is 0.478 e. The number of hydrogen-bond donors (Lipinski definition) is 2. The first kappa shape index (κ1) is 13.2. The molecule has 0 bridgehead atoms. The van der Waals surface area contributed by atoms with Gasteiger partial charge in [-0.15, -0.1) is 0 Å². The fourth-order valence-electron chi connectivity index (χ4n) is 1.34. The highest BCUT2D eigenvalue weighted by Crippen LogP contribution is 2.10. The molecule has 0 aliphatic heterocycles. The molecule has 0 aliphatic carbocycles. The fraction of sp³-hybridized carbons (Fsp3) is 0.455. The first-order valence-corrected chi connectivity index (χ1v) is 5.28. The molecular weight excluding hydrogens is 224 g/mol. The lowest BCUT2D eigenvalue weighted by Gasteiger charge is -2.15. The van der Waals surface area contributed by atoms with Crippen molar-refractivity contribution < 1.29 is 19.1 Å². The molecule has 0 atom stereocenters. The Bertz CT molecular complexity index is 400. The van der Waals surface area contributed by atoms with E-state index in [4.69, 9.17) is 9.52 Å². The van der Waals surface area contributed by atoms with Gasteiger partial charge in [-0.05, 0) is 20.0 Å². The van der Waals surface area contributed by atoms with E-state index in [9.17, 15) is 9.59 Å². The number of carbonyl (C=O) groups excluding carboxylic acids is 1. The quantitative estimate of drug-likeness (QED) is 0.714. The summed E-state index contributed by atoms with van der Waals surface area (Å²) in [5, 5.41) is 11.7. The van der Waals surface area contributed by atoms with E-state index in [2.05, 4.69) is 5.32 Å². The van der Waals surface area contributed by atoms with Crippen LogP contribution >= 0.6 is 0 Å². The molecule has 0 aliphatic rings. The Balaban J connectivity index is 2.58. The van der Waals surface area contributed by atoms with Gasteiger partial charge in [-0.25, -0.2) is 4.79 Å². The zero-order valence-electron chi connectivity index (χ0n) is 9.90. The van der Waals surface area contributed by atoms with Crippen LogP contribution in [0.5, 0.6) is 0 Å². The van der Waals surface area contributed by atoms with E-state index >= 15 is 0 Å². The summed E-state index contributed by atoms with van der Waals surface area (Å²) >= 11 is 0. The minimum absolute atomic E-state index is 0.0167. The molecule has 1 heterocycles. The number of nitrogens with one attached hydrogen (secondary N) is 1. The van der Waals surface area contributed by atoms with Crippen LogP contribution in [-0.4, -0.2) is 49.1 Å². The summed E-state index contributed by atoms with van der Waals surface area (Å²) in [6.45, 7) is 1.40. The maximum absolute atomic E-state index is 11.8. The molecule has 0 spiro atoms. The van der Waals surface area contributed by atoms with Gasteiger partial charge in [0.1, 0.15) is 6.26 Å². The number of carboxylic acids is 1. The zero-order valence-corrected chi connectivity index (χ0v) is 9.90. The molecule has 0 saturated carbocycles. The minimum Gasteiger partial charge on any atom is -0.478 e. The van der Waals surface area contributed by atoms with E-state index in [1.807, 2.05) is 7.05 Å². The minimum atomic E-state index is -1.11. The Morgan fingerprint density at radius 1 is 1.53 bits per heavy atom. The molecule has 0 radical (unpaired) electrons. The lowest BCUT2D eigenvalue weighted by molar-refractivity contribution is 0.0695. The van der Waals surface area contributed by atoms with E-state index in [-0.39, 0.29) is 17.2 Å². The predicted octanol–water partition coefficient (Wildman–Crippen LogP) is 0.659. The Morgan fingerprint density at radius 2 is 2.24 bits per heavy atom. The van der Waals surface area contributed by atoms with Gasteiger partial charge in [0.25, 0.3) is 5.91 Å². The van der Waals surface area contributed by atoms with Crippen molar-refractivity contribution >= 4 is 11.9 Å². The number of hydrogen-bond acceptors (Lipinski definition) is 4. The highest BCUT2D eigenvalue weighted by atomic mass is 16.4. The summed E-state index contributed by atoms with van der Waals surface area (Å²) in [6.07, 6.45) is 1.89. The third-order valence-corrected chi connectivity index (χ3v) is 2.32. The first-order chi connectivity index (χ1) is 8.06. The number of rotatable bonds is 6. The molecule has 0 saturated heterocycles. The van der Waals surface area contributed by atoms with Gasteiger partial charge in [0.2, 0.25) is 0 Å². The highest BCUT2D eigenvalue weighted by Gasteiger charge is 2.17. The normalized spacial score (nSPS) is 10.2. The van der Waals surface area contributed by atoms with E-state index in [0.717, 1.165) is 19.2 Å². The standard InChI is InChI=1S/C11H16N2O4/c1-12-4-3-5-13(2)10(14)9-6-8(7-17-9)11(15)16/h6-7,12H,3-5H2,1-2H3,(H,15,16). The van der Waals surface area contributed by atoms with Gasteiger partial charge < -0.3 is 19.7 Å². The number of aromatic carboxylic acids is 1. The molecule has 6 nitrogen and oxygen atoms in total. The topological polar surface area (TPSA) is 82.8 Å². The molecule has 0 aromatic carbocycles. The van der Waals surface area contributed by atoms with Crippen molar-refractivity contribution in [3.05, 3.63) is 23.7 Å². The van der Waals surface area contributed by atoms with Crippen molar-refractivity contribution in [1.29, 1.82) is 0 Å². The van der Waals surface area contributed by atoms with Crippen LogP contribution in [0, 0.1) is 0 Å². The van der Waals surface area contributed by atoms with Crippen molar-refractivity contribution in [3.63, 3.8) is 0 Å². The maximum atomic E-state index is 11.8. The molecule has 2 N–H and O–H groups in total. The highest BCUT2D eigenvalue weighted by molar-refractivity contribution is 5.95. The fourth-order valence-corrected chi connectivity index (χ4v) is 1.34. The SMILES string of the molecule is CNCCCN(C)C(=O)c1cc(C(=O)O)co1. The Labute approximate surface area is 99.2 Å². The van der Waals surface area contributed by atoms with E-state index in [1.54, 1.807) is 7.05 Å². The van der Waals surface area contributed by atoms with Crippen molar-refractivity contribution in [2.45, 2.75) is 6.42 Å². The van der Waals surface area contributed by atoms with Gasteiger partial charge >= 0.3 is 5.97 Å². The second-order valence-corrected chi connectivity index (χ2v) is 3.69. The van der Waals surface area contributed by atoms with Crippen molar-refractivity contribution in [2.24, 2.45) is 0 Å². The lowest BCUT2D eigenvalue weighted by Crippen LogP contribution is -2.29. The summed E-state index contributed by atoms with van der Waals surface area (Å²) in [7, 11) is 3.49. The van der Waals surface area contributed by atoms with Crippen LogP contribution in [0.15, 0.2) is 16.7 Å². The Kier molecular flexibility index (Phi) is 4.71. The van der Waals surface area contributed by atoms with Crippen molar-refractivity contribution in [1.82, 2.24) is 10.2 Å². The number of furan rings is 1. The molecule has 1 aromatic rings. The third kappa shape index (κ3) is 3.60. The summed E-state index contributed by atoms with van der Waals surface area (Å²) in [6, 6.07) is 1.24. The Hall–Kier alpha value is -1.82. The van der Waals surface area contributed by atoms with Crippen LogP contribution in [0.3, 0.4) is 0 Å². The van der Waals surface area contributed by atoms with E-state index in [0.29, 0.717) is 6.54 Å². The zero-order chi connectivity index (χ0) is 12.8. The van der Waals surface area contributed by atoms with E-state index < -0.39 is 5.97 Å². The summed E-state index contributed by atoms with van der Waals surface area (Å²) in [4.78, 5) is 23.9. The molecule has 1 amide bonds. The van der Waals surface area contributed by atoms with Crippen LogP contribution in [0.1, 0.15) is 27.3 Å². The van der Waals surface area contributed by atoms with Gasteiger partial charge in [-0.1, -0.05) is 0 Å². The van der Waals surface area contributed by atoms with Crippen LogP contribution < -0.4 is 5.32 Å². The Morgan fingerprint density at radius 3 is 2.76 bits per heavy atom. The maximum Gasteiger partial charge on any atom is 0.338 e. The van der Waals surface area contributed by atoms with Crippen LogP contribution in [0.4, 0.5) is 0 Å². The molecular formula is C11H16N2O4. The second kappa shape index (κ2) is 6.05. The smallest absolute Gasteiger partial charge is 0.338 e. The molecule has 6 heteroatoms. The summed E-state index contributed by atoms with van der Waals surface area (Å²) in [5.41, 5.74) is -0.0167. The third-order valence-electron chi connectivity index (χ3n) is 2.32. The van der Waals surface area contributed by atoms with Crippen LogP contribution in [0.2, 0.25) is 0 Å². The van der Waals surface area contributed by atoms with Crippen molar-refractivity contribution in [2.75, 3.05) is 27.2 Å². The molecule has 17 heavy (non-hydrogen) atoms. The molecule has 94 valence electrons. The number of amides is 1. The average Bonchev–Trinajstić information content (AvgIpc) is 2.77. The average molecular weight is 240 g/mol. The van der Waals surface area contributed by atoms with Crippen molar-refractivity contribution in [3.8, 4) is 0 Å². The van der Waals surface area contributed by atoms with E-state index in [1.165, 1.54) is 11.0 Å². The first-order valence-electron chi connectivity index (χ1n) is 5.28. The lowest BCUT2D eigenvalue weighted by atomic mass is 10.3. The molecule has 1 rings (SSSR count). The van der Waals surface area contributed by atoms with Gasteiger partial charge in [-0.2, -0.15) is 0 Å². The summed E-state index contributed by atoms with van der Waals surface area (Å²) in [5.74, 6) is -1.37. The van der Waals surface area contributed by atoms with Gasteiger partial charge in [-0.3, -0.25) is 4.79 Å². The van der Waals surface area contributed by atoms with Crippen LogP contribution in [-0.2, 0) is 0 Å². The number of carbonyl (C=O) groups is 2. The predicted molar refractivity (Wildman–Crippen MR) is 61.2 cm³/mol. The van der Waals surface area contributed by atoms with Gasteiger partial charge in [0.05, 0.1) is 5.56 Å². The van der Waals surface area contributed by atoms with Crippen LogP contribution in [0.25, 0.3) is 0 Å². The summed E-state index contributed by atoms with van der Waals surface area (Å²) < 4.78 is 4.93. The van der Waals surface area contributed by atoms with Gasteiger partial charge in [0.15, 0.2) is 5.76 Å². The van der Waals surface area contributed by atoms with Gasteiger partial charge in [0, 0.05) is 19.7 Å². The number of nitrogens with zero attached hydrogens (tertiary/aromatic N) is 1. The molecule has 0 unspecified atom stereocenters. The molecule has 1 aromatic heterocycles. The second-order valence-electron chi connectivity index (χ2n) is 3.69.